The predicted octanol–water partition coefficient (Wildman–Crippen LogP) is 4.34. The van der Waals surface area contributed by atoms with Crippen molar-refractivity contribution in [3.05, 3.63) is 95.9 Å². The Morgan fingerprint density at radius 1 is 1.06 bits per heavy atom. The SMILES string of the molecule is COc1cc(-c2cnn(Cc3ccccc3C(=O)O)c2)ccc1CN(C)c1ccccn1. The van der Waals surface area contributed by atoms with Crippen molar-refractivity contribution >= 4 is 11.8 Å². The molecule has 0 unspecified atom stereocenters. The van der Waals surface area contributed by atoms with Crippen LogP contribution in [0.15, 0.2) is 79.3 Å². The van der Waals surface area contributed by atoms with E-state index in [1.165, 1.54) is 0 Å². The molecule has 0 amide bonds. The first kappa shape index (κ1) is 21.1. The Kier molecular flexibility index (Phi) is 6.17. The van der Waals surface area contributed by atoms with Gasteiger partial charge in [-0.1, -0.05) is 36.4 Å². The number of benzene rings is 2. The molecule has 2 heterocycles. The van der Waals surface area contributed by atoms with Gasteiger partial charge >= 0.3 is 5.97 Å². The first-order chi connectivity index (χ1) is 15.5. The number of carbonyl (C=O) groups is 1. The van der Waals surface area contributed by atoms with Crippen LogP contribution in [0.25, 0.3) is 11.1 Å². The first-order valence-electron chi connectivity index (χ1n) is 10.2. The van der Waals surface area contributed by atoms with Gasteiger partial charge in [-0.25, -0.2) is 9.78 Å². The molecule has 7 heteroatoms. The van der Waals surface area contributed by atoms with E-state index in [2.05, 4.69) is 15.0 Å². The van der Waals surface area contributed by atoms with Gasteiger partial charge in [-0.2, -0.15) is 5.10 Å². The molecule has 2 aromatic heterocycles. The average molecular weight is 428 g/mol. The van der Waals surface area contributed by atoms with Gasteiger partial charge in [-0.05, 0) is 35.4 Å². The van der Waals surface area contributed by atoms with Crippen molar-refractivity contribution in [2.24, 2.45) is 0 Å². The second-order valence-electron chi connectivity index (χ2n) is 7.46. The number of aromatic carboxylic acids is 1. The number of pyridine rings is 1. The molecule has 0 aliphatic carbocycles. The molecule has 0 spiro atoms. The lowest BCUT2D eigenvalue weighted by Gasteiger charge is -2.20. The van der Waals surface area contributed by atoms with Crippen LogP contribution in [0.5, 0.6) is 5.75 Å². The van der Waals surface area contributed by atoms with Gasteiger partial charge in [0.2, 0.25) is 0 Å². The van der Waals surface area contributed by atoms with Crippen LogP contribution in [0, 0.1) is 0 Å². The van der Waals surface area contributed by atoms with Crippen molar-refractivity contribution in [2.75, 3.05) is 19.1 Å². The summed E-state index contributed by atoms with van der Waals surface area (Å²) >= 11 is 0. The van der Waals surface area contributed by atoms with Crippen LogP contribution >= 0.6 is 0 Å². The summed E-state index contributed by atoms with van der Waals surface area (Å²) in [6.07, 6.45) is 5.46. The largest absolute Gasteiger partial charge is 0.496 e. The third-order valence-corrected chi connectivity index (χ3v) is 5.28. The Morgan fingerprint density at radius 2 is 1.88 bits per heavy atom. The monoisotopic (exact) mass is 428 g/mol. The van der Waals surface area contributed by atoms with Crippen LogP contribution in [0.3, 0.4) is 0 Å². The van der Waals surface area contributed by atoms with Crippen molar-refractivity contribution in [3.8, 4) is 16.9 Å². The molecule has 0 saturated heterocycles. The molecule has 0 aliphatic heterocycles. The zero-order valence-electron chi connectivity index (χ0n) is 18.0. The topological polar surface area (TPSA) is 80.5 Å². The summed E-state index contributed by atoms with van der Waals surface area (Å²) in [5.74, 6) is 0.736. The van der Waals surface area contributed by atoms with E-state index in [9.17, 15) is 9.90 Å². The number of nitrogens with zero attached hydrogens (tertiary/aromatic N) is 4. The normalized spacial score (nSPS) is 10.7. The number of rotatable bonds is 8. The van der Waals surface area contributed by atoms with Crippen LogP contribution in [0.2, 0.25) is 0 Å². The van der Waals surface area contributed by atoms with E-state index >= 15 is 0 Å². The summed E-state index contributed by atoms with van der Waals surface area (Å²) < 4.78 is 7.39. The van der Waals surface area contributed by atoms with Crippen molar-refractivity contribution < 1.29 is 14.6 Å². The molecule has 4 rings (SSSR count). The number of hydrogen-bond donors (Lipinski definition) is 1. The first-order valence-corrected chi connectivity index (χ1v) is 10.2. The van der Waals surface area contributed by atoms with Gasteiger partial charge in [0.15, 0.2) is 0 Å². The number of methoxy groups -OCH3 is 1. The van der Waals surface area contributed by atoms with Gasteiger partial charge in [0.1, 0.15) is 11.6 Å². The zero-order chi connectivity index (χ0) is 22.5. The highest BCUT2D eigenvalue weighted by Gasteiger charge is 2.13. The molecule has 32 heavy (non-hydrogen) atoms. The minimum Gasteiger partial charge on any atom is -0.496 e. The lowest BCUT2D eigenvalue weighted by Crippen LogP contribution is -2.17. The fourth-order valence-electron chi connectivity index (χ4n) is 3.61. The Bertz CT molecular complexity index is 1220. The summed E-state index contributed by atoms with van der Waals surface area (Å²) in [4.78, 5) is 17.9. The number of carboxylic acids is 1. The van der Waals surface area contributed by atoms with Gasteiger partial charge in [0.25, 0.3) is 0 Å². The average Bonchev–Trinajstić information content (AvgIpc) is 3.28. The quantitative estimate of drug-likeness (QED) is 0.450. The zero-order valence-corrected chi connectivity index (χ0v) is 18.0. The molecule has 0 saturated carbocycles. The third kappa shape index (κ3) is 4.62. The Hall–Kier alpha value is -4.13. The number of anilines is 1. The van der Waals surface area contributed by atoms with Gasteiger partial charge in [-0.3, -0.25) is 4.68 Å². The minimum absolute atomic E-state index is 0.285. The summed E-state index contributed by atoms with van der Waals surface area (Å²) in [5.41, 5.74) is 3.95. The molecular formula is C25H24N4O3. The third-order valence-electron chi connectivity index (χ3n) is 5.28. The van der Waals surface area contributed by atoms with E-state index in [-0.39, 0.29) is 5.56 Å². The van der Waals surface area contributed by atoms with Crippen LogP contribution in [-0.4, -0.2) is 40.0 Å². The molecule has 0 fully saturated rings. The lowest BCUT2D eigenvalue weighted by atomic mass is 10.1. The van der Waals surface area contributed by atoms with E-state index in [1.54, 1.807) is 42.4 Å². The number of ether oxygens (including phenoxy) is 1. The van der Waals surface area contributed by atoms with Crippen molar-refractivity contribution in [1.82, 2.24) is 14.8 Å². The molecule has 0 bridgehead atoms. The molecule has 162 valence electrons. The Labute approximate surface area is 186 Å². The molecule has 0 atom stereocenters. The summed E-state index contributed by atoms with van der Waals surface area (Å²) in [7, 11) is 3.66. The highest BCUT2D eigenvalue weighted by Crippen LogP contribution is 2.29. The van der Waals surface area contributed by atoms with Crippen LogP contribution in [0.4, 0.5) is 5.82 Å². The summed E-state index contributed by atoms with van der Waals surface area (Å²) in [5, 5.41) is 13.8. The Balaban J connectivity index is 1.54. The van der Waals surface area contributed by atoms with Crippen LogP contribution < -0.4 is 9.64 Å². The van der Waals surface area contributed by atoms with Crippen LogP contribution in [-0.2, 0) is 13.1 Å². The number of carboxylic acid groups (broad SMARTS) is 1. The smallest absolute Gasteiger partial charge is 0.336 e. The molecule has 0 aliphatic rings. The van der Waals surface area contributed by atoms with Gasteiger partial charge in [-0.15, -0.1) is 0 Å². The molecule has 7 nitrogen and oxygen atoms in total. The van der Waals surface area contributed by atoms with Crippen molar-refractivity contribution in [3.63, 3.8) is 0 Å². The van der Waals surface area contributed by atoms with Gasteiger partial charge < -0.3 is 14.7 Å². The fourth-order valence-corrected chi connectivity index (χ4v) is 3.61. The standard InChI is InChI=1S/C25H24N4O3/c1-28(24-9-5-6-12-26-24)15-20-11-10-18(13-23(20)32-2)21-14-27-29(17-21)16-19-7-3-4-8-22(19)25(30)31/h3-14,17H,15-16H2,1-2H3,(H,30,31). The summed E-state index contributed by atoms with van der Waals surface area (Å²) in [6, 6.07) is 18.9. The van der Waals surface area contributed by atoms with Crippen molar-refractivity contribution in [2.45, 2.75) is 13.1 Å². The minimum atomic E-state index is -0.941. The Morgan fingerprint density at radius 3 is 2.62 bits per heavy atom. The molecular weight excluding hydrogens is 404 g/mol. The highest BCUT2D eigenvalue weighted by atomic mass is 16.5. The maximum atomic E-state index is 11.5. The molecule has 0 radical (unpaired) electrons. The second-order valence-corrected chi connectivity index (χ2v) is 7.46. The maximum Gasteiger partial charge on any atom is 0.336 e. The summed E-state index contributed by atoms with van der Waals surface area (Å²) in [6.45, 7) is 1.04. The molecule has 2 aromatic carbocycles. The lowest BCUT2D eigenvalue weighted by molar-refractivity contribution is 0.0695. The fraction of sp³-hybridized carbons (Fsp3) is 0.160. The van der Waals surface area contributed by atoms with E-state index in [0.29, 0.717) is 18.7 Å². The number of aromatic nitrogens is 3. The highest BCUT2D eigenvalue weighted by molar-refractivity contribution is 5.89. The van der Waals surface area contributed by atoms with E-state index in [1.807, 2.05) is 55.7 Å². The van der Waals surface area contributed by atoms with E-state index in [4.69, 9.17) is 4.74 Å². The van der Waals surface area contributed by atoms with Crippen LogP contribution in [0.1, 0.15) is 21.5 Å². The second kappa shape index (κ2) is 9.34. The molecule has 4 aromatic rings. The maximum absolute atomic E-state index is 11.5. The van der Waals surface area contributed by atoms with Crippen molar-refractivity contribution in [1.29, 1.82) is 0 Å². The molecule has 1 N–H and O–H groups in total. The van der Waals surface area contributed by atoms with Gasteiger partial charge in [0.05, 0.1) is 25.4 Å². The van der Waals surface area contributed by atoms with E-state index < -0.39 is 5.97 Å². The predicted molar refractivity (Wildman–Crippen MR) is 123 cm³/mol. The van der Waals surface area contributed by atoms with Gasteiger partial charge in [0, 0.05) is 37.1 Å². The van der Waals surface area contributed by atoms with E-state index in [0.717, 1.165) is 28.3 Å². The number of hydrogen-bond acceptors (Lipinski definition) is 5.